The van der Waals surface area contributed by atoms with Crippen LogP contribution in [0.2, 0.25) is 0 Å². The number of fused-ring (bicyclic) bond motifs is 2. The normalized spacial score (nSPS) is 10.9. The molecule has 0 spiro atoms. The minimum absolute atomic E-state index is 0.254. The van der Waals surface area contributed by atoms with Crippen LogP contribution in [0.5, 0.6) is 0 Å². The van der Waals surface area contributed by atoms with E-state index < -0.39 is 0 Å². The summed E-state index contributed by atoms with van der Waals surface area (Å²) in [5, 5.41) is 21.2. The zero-order chi connectivity index (χ0) is 20.5. The van der Waals surface area contributed by atoms with Crippen molar-refractivity contribution in [3.8, 4) is 0 Å². The van der Waals surface area contributed by atoms with E-state index in [1.807, 2.05) is 24.3 Å². The third-order valence-electron chi connectivity index (χ3n) is 4.81. The molecule has 2 heterocycles. The molecule has 2 amide bonds. The topological polar surface area (TPSA) is 116 Å². The number of hydrogen-bond acceptors (Lipinski definition) is 4. The van der Waals surface area contributed by atoms with Gasteiger partial charge in [0.05, 0.1) is 23.4 Å². The van der Waals surface area contributed by atoms with Crippen molar-refractivity contribution in [1.29, 1.82) is 0 Å². The van der Waals surface area contributed by atoms with Gasteiger partial charge in [-0.05, 0) is 60.7 Å². The molecule has 0 fully saturated rings. The molecule has 0 saturated heterocycles. The summed E-state index contributed by atoms with van der Waals surface area (Å²) in [5.41, 5.74) is 4.05. The molecular weight excluding hydrogens is 380 g/mol. The molecule has 2 aromatic heterocycles. The van der Waals surface area contributed by atoms with Crippen molar-refractivity contribution < 1.29 is 9.59 Å². The zero-order valence-corrected chi connectivity index (χ0v) is 15.6. The Bertz CT molecular complexity index is 1280. The first kappa shape index (κ1) is 17.6. The van der Waals surface area contributed by atoms with E-state index in [-0.39, 0.29) is 11.8 Å². The van der Waals surface area contributed by atoms with Gasteiger partial charge in [-0.1, -0.05) is 0 Å². The Morgan fingerprint density at radius 1 is 0.633 bits per heavy atom. The van der Waals surface area contributed by atoms with Crippen LogP contribution in [0.4, 0.5) is 11.4 Å². The van der Waals surface area contributed by atoms with Crippen molar-refractivity contribution in [3.63, 3.8) is 0 Å². The number of rotatable bonds is 4. The maximum atomic E-state index is 12.5. The van der Waals surface area contributed by atoms with Crippen LogP contribution in [-0.4, -0.2) is 32.2 Å². The molecule has 4 N–H and O–H groups in total. The summed E-state index contributed by atoms with van der Waals surface area (Å²) in [6.07, 6.45) is 3.39. The van der Waals surface area contributed by atoms with E-state index in [0.717, 1.165) is 21.8 Å². The van der Waals surface area contributed by atoms with Crippen LogP contribution in [0.15, 0.2) is 73.1 Å². The van der Waals surface area contributed by atoms with E-state index in [1.54, 1.807) is 48.8 Å². The van der Waals surface area contributed by atoms with Gasteiger partial charge in [0.25, 0.3) is 11.8 Å². The predicted molar refractivity (Wildman–Crippen MR) is 115 cm³/mol. The summed E-state index contributed by atoms with van der Waals surface area (Å²) in [6.45, 7) is 0. The molecule has 0 unspecified atom stereocenters. The van der Waals surface area contributed by atoms with Gasteiger partial charge in [-0.25, -0.2) is 0 Å². The van der Waals surface area contributed by atoms with Gasteiger partial charge in [0, 0.05) is 33.3 Å². The lowest BCUT2D eigenvalue weighted by molar-refractivity contribution is 0.101. The largest absolute Gasteiger partial charge is 0.322 e. The molecule has 8 nitrogen and oxygen atoms in total. The lowest BCUT2D eigenvalue weighted by atomic mass is 10.1. The van der Waals surface area contributed by atoms with Crippen molar-refractivity contribution in [2.45, 2.75) is 0 Å². The minimum Gasteiger partial charge on any atom is -0.322 e. The van der Waals surface area contributed by atoms with E-state index in [4.69, 9.17) is 0 Å². The van der Waals surface area contributed by atoms with Crippen molar-refractivity contribution >= 4 is 45.0 Å². The second kappa shape index (κ2) is 7.17. The quantitative estimate of drug-likeness (QED) is 0.368. The van der Waals surface area contributed by atoms with E-state index >= 15 is 0 Å². The summed E-state index contributed by atoms with van der Waals surface area (Å²) >= 11 is 0. The fourth-order valence-electron chi connectivity index (χ4n) is 3.22. The van der Waals surface area contributed by atoms with Gasteiger partial charge in [-0.2, -0.15) is 10.2 Å². The highest BCUT2D eigenvalue weighted by molar-refractivity contribution is 6.08. The molecule has 146 valence electrons. The maximum Gasteiger partial charge on any atom is 0.255 e. The molecule has 30 heavy (non-hydrogen) atoms. The molecule has 0 aliphatic carbocycles. The Balaban J connectivity index is 1.27. The number of nitrogens with zero attached hydrogens (tertiary/aromatic N) is 2. The average molecular weight is 396 g/mol. The van der Waals surface area contributed by atoms with Crippen molar-refractivity contribution in [2.75, 3.05) is 10.6 Å². The van der Waals surface area contributed by atoms with Crippen LogP contribution in [0, 0.1) is 0 Å². The number of aromatic nitrogens is 4. The molecule has 0 atom stereocenters. The fourth-order valence-corrected chi connectivity index (χ4v) is 3.22. The lowest BCUT2D eigenvalue weighted by Crippen LogP contribution is -2.14. The highest BCUT2D eigenvalue weighted by Gasteiger charge is 2.11. The van der Waals surface area contributed by atoms with Gasteiger partial charge < -0.3 is 10.6 Å². The second-order valence-electron chi connectivity index (χ2n) is 6.83. The Morgan fingerprint density at radius 3 is 1.50 bits per heavy atom. The summed E-state index contributed by atoms with van der Waals surface area (Å²) < 4.78 is 0. The van der Waals surface area contributed by atoms with E-state index in [9.17, 15) is 9.59 Å². The number of aromatic amines is 2. The van der Waals surface area contributed by atoms with Crippen LogP contribution in [0.3, 0.4) is 0 Å². The van der Waals surface area contributed by atoms with E-state index in [1.165, 1.54) is 0 Å². The first-order chi connectivity index (χ1) is 14.7. The number of carbonyl (C=O) groups is 2. The third-order valence-corrected chi connectivity index (χ3v) is 4.81. The summed E-state index contributed by atoms with van der Waals surface area (Å²) in [4.78, 5) is 25.0. The number of nitrogens with one attached hydrogen (secondary N) is 4. The molecule has 0 saturated carbocycles. The smallest absolute Gasteiger partial charge is 0.255 e. The van der Waals surface area contributed by atoms with Crippen LogP contribution >= 0.6 is 0 Å². The molecule has 0 radical (unpaired) electrons. The minimum atomic E-state index is -0.254. The highest BCUT2D eigenvalue weighted by Crippen LogP contribution is 2.19. The van der Waals surface area contributed by atoms with Gasteiger partial charge in [0.2, 0.25) is 0 Å². The average Bonchev–Trinajstić information content (AvgIpc) is 3.42. The SMILES string of the molecule is O=C(Nc1ccc2[nH]ncc2c1)c1ccc(C(=O)Nc2ccc3[nH]ncc3c2)cc1. The predicted octanol–water partition coefficient (Wildman–Crippen LogP) is 3.94. The standard InChI is InChI=1S/C22H16N6O2/c29-21(25-17-5-7-19-15(9-17)11-23-27-19)13-1-2-14(4-3-13)22(30)26-18-6-8-20-16(10-18)12-24-28-20/h1-12H,(H,23,27)(H,24,28)(H,25,29)(H,26,30). The van der Waals surface area contributed by atoms with Crippen LogP contribution in [0.1, 0.15) is 20.7 Å². The lowest BCUT2D eigenvalue weighted by Gasteiger charge is -2.08. The number of H-pyrrole nitrogens is 2. The first-order valence-electron chi connectivity index (χ1n) is 9.25. The van der Waals surface area contributed by atoms with Gasteiger partial charge in [-0.15, -0.1) is 0 Å². The Hall–Kier alpha value is -4.46. The fraction of sp³-hybridized carbons (Fsp3) is 0. The van der Waals surface area contributed by atoms with E-state index in [0.29, 0.717) is 22.5 Å². The number of carbonyl (C=O) groups excluding carboxylic acids is 2. The van der Waals surface area contributed by atoms with Crippen molar-refractivity contribution in [1.82, 2.24) is 20.4 Å². The second-order valence-corrected chi connectivity index (χ2v) is 6.83. The van der Waals surface area contributed by atoms with Gasteiger partial charge in [0.1, 0.15) is 0 Å². The molecular formula is C22H16N6O2. The molecule has 8 heteroatoms. The summed E-state index contributed by atoms with van der Waals surface area (Å²) in [5.74, 6) is -0.509. The van der Waals surface area contributed by atoms with Crippen LogP contribution in [0.25, 0.3) is 21.8 Å². The van der Waals surface area contributed by atoms with Gasteiger partial charge in [0.15, 0.2) is 0 Å². The van der Waals surface area contributed by atoms with Crippen LogP contribution < -0.4 is 10.6 Å². The molecule has 0 aliphatic heterocycles. The number of benzene rings is 3. The Kier molecular flexibility index (Phi) is 4.21. The number of amides is 2. The maximum absolute atomic E-state index is 12.5. The summed E-state index contributed by atoms with van der Waals surface area (Å²) in [7, 11) is 0. The highest BCUT2D eigenvalue weighted by atomic mass is 16.2. The number of anilines is 2. The van der Waals surface area contributed by atoms with Gasteiger partial charge in [-0.3, -0.25) is 19.8 Å². The molecule has 3 aromatic carbocycles. The van der Waals surface area contributed by atoms with E-state index in [2.05, 4.69) is 31.0 Å². The van der Waals surface area contributed by atoms with Crippen molar-refractivity contribution in [2.24, 2.45) is 0 Å². The zero-order valence-electron chi connectivity index (χ0n) is 15.6. The monoisotopic (exact) mass is 396 g/mol. The third kappa shape index (κ3) is 3.37. The van der Waals surface area contributed by atoms with Gasteiger partial charge >= 0.3 is 0 Å². The molecule has 0 bridgehead atoms. The van der Waals surface area contributed by atoms with Crippen LogP contribution in [-0.2, 0) is 0 Å². The first-order valence-corrected chi connectivity index (χ1v) is 9.25. The number of hydrogen-bond donors (Lipinski definition) is 4. The molecule has 5 aromatic rings. The van der Waals surface area contributed by atoms with Crippen molar-refractivity contribution in [3.05, 3.63) is 84.2 Å². The summed E-state index contributed by atoms with van der Waals surface area (Å²) in [6, 6.07) is 17.5. The molecule has 5 rings (SSSR count). The Morgan fingerprint density at radius 2 is 1.07 bits per heavy atom. The Labute approximate surface area is 170 Å². The molecule has 0 aliphatic rings.